The van der Waals surface area contributed by atoms with Crippen molar-refractivity contribution in [2.75, 3.05) is 43.2 Å². The molecular weight excluding hydrogens is 510 g/mol. The number of benzene rings is 2. The Labute approximate surface area is 213 Å². The Bertz CT molecular complexity index is 1290. The van der Waals surface area contributed by atoms with Crippen molar-refractivity contribution in [2.24, 2.45) is 0 Å². The molecular formula is C24H27ClFN4O5P. The van der Waals surface area contributed by atoms with E-state index in [9.17, 15) is 13.8 Å². The van der Waals surface area contributed by atoms with E-state index >= 15 is 0 Å². The molecule has 12 heteroatoms. The fourth-order valence-corrected chi connectivity index (χ4v) is 5.70. The number of amides is 1. The summed E-state index contributed by atoms with van der Waals surface area (Å²) >= 11 is 5.92. The fourth-order valence-electron chi connectivity index (χ4n) is 4.04. The molecule has 1 unspecified atom stereocenters. The van der Waals surface area contributed by atoms with Gasteiger partial charge >= 0.3 is 7.60 Å². The summed E-state index contributed by atoms with van der Waals surface area (Å²) in [6.07, 6.45) is 1.79. The van der Waals surface area contributed by atoms with Gasteiger partial charge in [-0.2, -0.15) is 0 Å². The summed E-state index contributed by atoms with van der Waals surface area (Å²) in [4.78, 5) is 21.7. The number of hydrogen-bond acceptors (Lipinski definition) is 8. The molecule has 0 spiro atoms. The van der Waals surface area contributed by atoms with Gasteiger partial charge in [0.15, 0.2) is 0 Å². The van der Waals surface area contributed by atoms with Crippen LogP contribution in [0.1, 0.15) is 31.7 Å². The van der Waals surface area contributed by atoms with Gasteiger partial charge in [0.2, 0.25) is 5.91 Å². The number of aromatic nitrogens is 2. The first kappa shape index (κ1) is 26.4. The third-order valence-corrected chi connectivity index (χ3v) is 7.89. The Morgan fingerprint density at radius 1 is 1.22 bits per heavy atom. The fraction of sp³-hybridized carbons (Fsp3) is 0.375. The van der Waals surface area contributed by atoms with E-state index in [2.05, 4.69) is 20.6 Å². The molecule has 1 saturated heterocycles. The number of carbonyl (C=O) groups excluding carboxylic acids is 1. The molecule has 1 aliphatic rings. The normalized spacial score (nSPS) is 15.8. The van der Waals surface area contributed by atoms with E-state index in [1.54, 1.807) is 26.0 Å². The standard InChI is InChI=1S/C24H27ClFN4O5P/c1-3-34-36(32,35-4-2)13-23(31)30-22-11-18-21(10-17(22)15-7-8-33-12-15)27-14-28-24(18)29-16-5-6-20(26)19(25)9-16/h5-6,9-11,14-15H,3-4,7-8,12-13H2,1-2H3,(H,30,31)(H,27,28,29). The van der Waals surface area contributed by atoms with Crippen LogP contribution < -0.4 is 10.6 Å². The first-order valence-corrected chi connectivity index (χ1v) is 13.7. The zero-order valence-electron chi connectivity index (χ0n) is 19.9. The highest BCUT2D eigenvalue weighted by Gasteiger charge is 2.29. The molecule has 1 amide bonds. The number of nitrogens with zero attached hydrogens (tertiary/aromatic N) is 2. The Balaban J connectivity index is 1.70. The van der Waals surface area contributed by atoms with Gasteiger partial charge in [0.25, 0.3) is 0 Å². The van der Waals surface area contributed by atoms with Crippen LogP contribution in [-0.4, -0.2) is 48.5 Å². The molecule has 0 bridgehead atoms. The number of nitrogens with one attached hydrogen (secondary N) is 2. The largest absolute Gasteiger partial charge is 0.381 e. The maximum Gasteiger partial charge on any atom is 0.340 e. The van der Waals surface area contributed by atoms with Gasteiger partial charge in [-0.05, 0) is 56.2 Å². The Hall–Kier alpha value is -2.62. The molecule has 1 atom stereocenters. The zero-order chi connectivity index (χ0) is 25.7. The van der Waals surface area contributed by atoms with E-state index in [-0.39, 0.29) is 24.2 Å². The second-order valence-electron chi connectivity index (χ2n) is 8.15. The van der Waals surface area contributed by atoms with Crippen LogP contribution in [0.25, 0.3) is 10.9 Å². The quantitative estimate of drug-likeness (QED) is 0.309. The molecule has 36 heavy (non-hydrogen) atoms. The van der Waals surface area contributed by atoms with Crippen LogP contribution in [0.15, 0.2) is 36.7 Å². The summed E-state index contributed by atoms with van der Waals surface area (Å²) in [6.45, 7) is 4.81. The van der Waals surface area contributed by atoms with Gasteiger partial charge in [-0.15, -0.1) is 0 Å². The van der Waals surface area contributed by atoms with Crippen molar-refractivity contribution in [3.63, 3.8) is 0 Å². The number of rotatable bonds is 10. The van der Waals surface area contributed by atoms with Crippen LogP contribution >= 0.6 is 19.2 Å². The molecule has 1 aromatic heterocycles. The van der Waals surface area contributed by atoms with Gasteiger partial charge in [0.1, 0.15) is 24.1 Å². The van der Waals surface area contributed by atoms with Crippen LogP contribution in [0.5, 0.6) is 0 Å². The summed E-state index contributed by atoms with van der Waals surface area (Å²) in [5.41, 5.74) is 2.56. The SMILES string of the molecule is CCOP(=O)(CC(=O)Nc1cc2c(Nc3ccc(F)c(Cl)c3)ncnc2cc1C1CCOC1)OCC. The third-order valence-electron chi connectivity index (χ3n) is 5.62. The molecule has 192 valence electrons. The first-order chi connectivity index (χ1) is 17.3. The van der Waals surface area contributed by atoms with Crippen molar-refractivity contribution in [2.45, 2.75) is 26.2 Å². The Morgan fingerprint density at radius 2 is 2.00 bits per heavy atom. The number of anilines is 3. The van der Waals surface area contributed by atoms with Crippen molar-refractivity contribution >= 4 is 53.2 Å². The lowest BCUT2D eigenvalue weighted by molar-refractivity contribution is -0.114. The smallest absolute Gasteiger partial charge is 0.340 e. The van der Waals surface area contributed by atoms with Crippen molar-refractivity contribution in [1.82, 2.24) is 9.97 Å². The van der Waals surface area contributed by atoms with E-state index < -0.39 is 25.5 Å². The molecule has 2 N–H and O–H groups in total. The maximum absolute atomic E-state index is 13.6. The molecule has 0 radical (unpaired) electrons. The van der Waals surface area contributed by atoms with Crippen molar-refractivity contribution in [3.8, 4) is 0 Å². The zero-order valence-corrected chi connectivity index (χ0v) is 21.6. The number of ether oxygens (including phenoxy) is 1. The minimum absolute atomic E-state index is 0.0251. The molecule has 2 heterocycles. The van der Waals surface area contributed by atoms with Crippen LogP contribution in [0, 0.1) is 5.82 Å². The van der Waals surface area contributed by atoms with Crippen molar-refractivity contribution < 1.29 is 27.5 Å². The van der Waals surface area contributed by atoms with E-state index in [0.29, 0.717) is 41.3 Å². The first-order valence-electron chi connectivity index (χ1n) is 11.6. The number of carbonyl (C=O) groups is 1. The summed E-state index contributed by atoms with van der Waals surface area (Å²) in [7, 11) is -3.58. The average molecular weight is 537 g/mol. The van der Waals surface area contributed by atoms with Gasteiger partial charge in [-0.1, -0.05) is 11.6 Å². The van der Waals surface area contributed by atoms with Crippen LogP contribution in [-0.2, 0) is 23.1 Å². The third kappa shape index (κ3) is 6.19. The van der Waals surface area contributed by atoms with Crippen molar-refractivity contribution in [1.29, 1.82) is 0 Å². The van der Waals surface area contributed by atoms with Crippen LogP contribution in [0.3, 0.4) is 0 Å². The molecule has 4 rings (SSSR count). The lowest BCUT2D eigenvalue weighted by Crippen LogP contribution is -2.20. The van der Waals surface area contributed by atoms with Gasteiger partial charge in [-0.3, -0.25) is 9.36 Å². The Kier molecular flexibility index (Phi) is 8.54. The highest BCUT2D eigenvalue weighted by Crippen LogP contribution is 2.48. The predicted molar refractivity (Wildman–Crippen MR) is 137 cm³/mol. The minimum Gasteiger partial charge on any atom is -0.381 e. The van der Waals surface area contributed by atoms with Gasteiger partial charge in [0.05, 0.1) is 30.4 Å². The van der Waals surface area contributed by atoms with Crippen LogP contribution in [0.4, 0.5) is 21.6 Å². The molecule has 0 aliphatic carbocycles. The van der Waals surface area contributed by atoms with E-state index in [1.165, 1.54) is 18.5 Å². The molecule has 3 aromatic rings. The van der Waals surface area contributed by atoms with E-state index in [4.69, 9.17) is 25.4 Å². The Morgan fingerprint density at radius 3 is 2.67 bits per heavy atom. The lowest BCUT2D eigenvalue weighted by Gasteiger charge is -2.20. The molecule has 1 fully saturated rings. The van der Waals surface area contributed by atoms with Crippen LogP contribution in [0.2, 0.25) is 5.02 Å². The number of halogens is 2. The maximum atomic E-state index is 13.6. The topological polar surface area (TPSA) is 112 Å². The number of fused-ring (bicyclic) bond motifs is 1. The molecule has 1 aliphatic heterocycles. The second-order valence-corrected chi connectivity index (χ2v) is 10.6. The highest BCUT2D eigenvalue weighted by atomic mass is 35.5. The van der Waals surface area contributed by atoms with Gasteiger partial charge in [-0.25, -0.2) is 14.4 Å². The molecule has 9 nitrogen and oxygen atoms in total. The van der Waals surface area contributed by atoms with Gasteiger partial charge < -0.3 is 24.4 Å². The lowest BCUT2D eigenvalue weighted by atomic mass is 9.95. The summed E-state index contributed by atoms with van der Waals surface area (Å²) in [6, 6.07) is 7.91. The predicted octanol–water partition coefficient (Wildman–Crippen LogP) is 5.87. The summed E-state index contributed by atoms with van der Waals surface area (Å²) < 4.78 is 42.6. The van der Waals surface area contributed by atoms with E-state index in [0.717, 1.165) is 12.0 Å². The van der Waals surface area contributed by atoms with Gasteiger partial charge in [0, 0.05) is 29.3 Å². The number of hydrogen-bond donors (Lipinski definition) is 2. The summed E-state index contributed by atoms with van der Waals surface area (Å²) in [5, 5.41) is 6.61. The minimum atomic E-state index is -3.58. The van der Waals surface area contributed by atoms with Crippen molar-refractivity contribution in [3.05, 3.63) is 53.1 Å². The second kappa shape index (κ2) is 11.6. The highest BCUT2D eigenvalue weighted by molar-refractivity contribution is 7.54. The monoisotopic (exact) mass is 536 g/mol. The summed E-state index contributed by atoms with van der Waals surface area (Å²) in [5.74, 6) is -0.532. The average Bonchev–Trinajstić information content (AvgIpc) is 3.36. The van der Waals surface area contributed by atoms with E-state index in [1.807, 2.05) is 6.07 Å². The molecule has 2 aromatic carbocycles. The molecule has 0 saturated carbocycles.